The zero-order valence-corrected chi connectivity index (χ0v) is 12.1. The fraction of sp³-hybridized carbons (Fsp3) is 0.214. The highest BCUT2D eigenvalue weighted by molar-refractivity contribution is 6.12. The van der Waals surface area contributed by atoms with Crippen LogP contribution in [-0.2, 0) is 4.74 Å². The lowest BCUT2D eigenvalue weighted by molar-refractivity contribution is 0.0599. The van der Waals surface area contributed by atoms with E-state index in [1.807, 2.05) is 13.0 Å². The van der Waals surface area contributed by atoms with Crippen LogP contribution in [0.2, 0.25) is 0 Å². The minimum Gasteiger partial charge on any atom is -0.465 e. The summed E-state index contributed by atoms with van der Waals surface area (Å²) in [4.78, 5) is 16.6. The van der Waals surface area contributed by atoms with Gasteiger partial charge in [-0.1, -0.05) is 0 Å². The molecular weight excluding hydrogens is 286 g/mol. The molecule has 22 heavy (non-hydrogen) atoms. The molecule has 0 saturated carbocycles. The maximum atomic E-state index is 12.0. The summed E-state index contributed by atoms with van der Waals surface area (Å²) in [6.07, 6.45) is 1.56. The number of hydrogen-bond donors (Lipinski definition) is 0. The van der Waals surface area contributed by atoms with Crippen molar-refractivity contribution < 1.29 is 13.9 Å². The molecular formula is C14H11N5O3. The number of carbonyl (C=O) groups is 1. The molecule has 4 aromatic rings. The van der Waals surface area contributed by atoms with Crippen molar-refractivity contribution in [3.8, 4) is 0 Å². The lowest BCUT2D eigenvalue weighted by Gasteiger charge is -2.11. The van der Waals surface area contributed by atoms with Crippen molar-refractivity contribution in [2.24, 2.45) is 0 Å². The Hall–Kier alpha value is -3.03. The van der Waals surface area contributed by atoms with Crippen LogP contribution in [0.1, 0.15) is 21.6 Å². The number of aryl methyl sites for hydroxylation is 2. The Morgan fingerprint density at radius 3 is 2.95 bits per heavy atom. The number of tetrazole rings is 1. The molecule has 0 aliphatic heterocycles. The minimum atomic E-state index is -0.428. The van der Waals surface area contributed by atoms with Gasteiger partial charge in [-0.05, 0) is 35.9 Å². The highest BCUT2D eigenvalue weighted by atomic mass is 16.5. The third kappa shape index (κ3) is 1.43. The lowest BCUT2D eigenvalue weighted by Crippen LogP contribution is -2.09. The van der Waals surface area contributed by atoms with E-state index in [2.05, 4.69) is 20.5 Å². The molecule has 8 heteroatoms. The molecule has 0 N–H and O–H groups in total. The molecule has 0 amide bonds. The van der Waals surface area contributed by atoms with E-state index in [4.69, 9.17) is 9.15 Å². The molecule has 4 rings (SSSR count). The second kappa shape index (κ2) is 4.23. The molecule has 4 heterocycles. The van der Waals surface area contributed by atoms with Crippen LogP contribution in [0.25, 0.3) is 27.6 Å². The van der Waals surface area contributed by atoms with Crippen molar-refractivity contribution in [2.75, 3.05) is 7.11 Å². The van der Waals surface area contributed by atoms with Crippen LogP contribution in [-0.4, -0.2) is 38.1 Å². The van der Waals surface area contributed by atoms with E-state index in [0.717, 1.165) is 10.9 Å². The third-order valence-corrected chi connectivity index (χ3v) is 3.80. The monoisotopic (exact) mass is 297 g/mol. The molecule has 0 aromatic carbocycles. The molecule has 0 aliphatic rings. The summed E-state index contributed by atoms with van der Waals surface area (Å²) in [6, 6.07) is 1.81. The number of nitrogens with zero attached hydrogens (tertiary/aromatic N) is 5. The normalized spacial score (nSPS) is 11.6. The molecule has 0 spiro atoms. The molecule has 110 valence electrons. The van der Waals surface area contributed by atoms with E-state index in [9.17, 15) is 4.79 Å². The van der Waals surface area contributed by atoms with Crippen molar-refractivity contribution in [3.63, 3.8) is 0 Å². The largest absolute Gasteiger partial charge is 0.465 e. The number of methoxy groups -OCH3 is 1. The highest BCUT2D eigenvalue weighted by Crippen LogP contribution is 2.32. The Labute approximate surface area is 123 Å². The Morgan fingerprint density at radius 2 is 2.18 bits per heavy atom. The van der Waals surface area contributed by atoms with E-state index in [1.165, 1.54) is 11.6 Å². The number of fused-ring (bicyclic) bond motifs is 6. The summed E-state index contributed by atoms with van der Waals surface area (Å²) in [6.45, 7) is 3.61. The molecule has 0 atom stereocenters. The first-order chi connectivity index (χ1) is 10.6. The number of carbonyl (C=O) groups excluding carboxylic acids is 1. The number of furan rings is 1. The molecule has 0 unspecified atom stereocenters. The van der Waals surface area contributed by atoms with Crippen LogP contribution in [0.5, 0.6) is 0 Å². The minimum absolute atomic E-state index is 0.428. The van der Waals surface area contributed by atoms with E-state index < -0.39 is 5.97 Å². The molecule has 0 bridgehead atoms. The van der Waals surface area contributed by atoms with Gasteiger partial charge in [0.05, 0.1) is 40.9 Å². The van der Waals surface area contributed by atoms with E-state index >= 15 is 0 Å². The first-order valence-electron chi connectivity index (χ1n) is 6.60. The average molecular weight is 297 g/mol. The summed E-state index contributed by atoms with van der Waals surface area (Å²) in [7, 11) is 1.35. The number of esters is 1. The van der Waals surface area contributed by atoms with Crippen molar-refractivity contribution in [3.05, 3.63) is 29.2 Å². The van der Waals surface area contributed by atoms with Gasteiger partial charge < -0.3 is 9.15 Å². The van der Waals surface area contributed by atoms with E-state index in [-0.39, 0.29) is 0 Å². The number of aromatic nitrogens is 5. The molecule has 0 radical (unpaired) electrons. The fourth-order valence-corrected chi connectivity index (χ4v) is 2.85. The van der Waals surface area contributed by atoms with Gasteiger partial charge in [-0.15, -0.1) is 5.10 Å². The Morgan fingerprint density at radius 1 is 1.36 bits per heavy atom. The summed E-state index contributed by atoms with van der Waals surface area (Å²) < 4.78 is 11.8. The first-order valence-corrected chi connectivity index (χ1v) is 6.60. The molecule has 0 saturated heterocycles. The SMILES string of the molecule is COC(=O)c1c(C)nc2c3ccoc3n3nnnc3c2c1C. The van der Waals surface area contributed by atoms with Gasteiger partial charge in [0.15, 0.2) is 5.65 Å². The zero-order chi connectivity index (χ0) is 15.4. The molecule has 8 nitrogen and oxygen atoms in total. The van der Waals surface area contributed by atoms with Crippen LogP contribution >= 0.6 is 0 Å². The summed E-state index contributed by atoms with van der Waals surface area (Å²) in [5.74, 6) is -0.428. The van der Waals surface area contributed by atoms with Crippen LogP contribution in [0.15, 0.2) is 16.7 Å². The summed E-state index contributed by atoms with van der Waals surface area (Å²) in [5, 5.41) is 13.2. The van der Waals surface area contributed by atoms with Crippen LogP contribution in [0, 0.1) is 13.8 Å². The second-order valence-corrected chi connectivity index (χ2v) is 4.97. The number of pyridine rings is 2. The standard InChI is InChI=1S/C14H11N5O3/c1-6-9(14(20)21-3)7(2)15-11-8-4-5-22-13(8)19-12(10(6)11)16-17-18-19/h4-5H,1-3H3. The van der Waals surface area contributed by atoms with Crippen molar-refractivity contribution in [1.82, 2.24) is 25.0 Å². The predicted molar refractivity (Wildman–Crippen MR) is 76.7 cm³/mol. The third-order valence-electron chi connectivity index (χ3n) is 3.80. The summed E-state index contributed by atoms with van der Waals surface area (Å²) in [5.41, 5.74) is 3.47. The quantitative estimate of drug-likeness (QED) is 0.494. The van der Waals surface area contributed by atoms with Gasteiger partial charge in [-0.25, -0.2) is 4.79 Å². The second-order valence-electron chi connectivity index (χ2n) is 4.97. The fourth-order valence-electron chi connectivity index (χ4n) is 2.85. The van der Waals surface area contributed by atoms with Gasteiger partial charge >= 0.3 is 5.97 Å². The highest BCUT2D eigenvalue weighted by Gasteiger charge is 2.22. The van der Waals surface area contributed by atoms with Crippen LogP contribution in [0.3, 0.4) is 0 Å². The maximum absolute atomic E-state index is 12.0. The number of rotatable bonds is 1. The Bertz CT molecular complexity index is 1060. The van der Waals surface area contributed by atoms with Gasteiger partial charge in [-0.3, -0.25) is 4.98 Å². The lowest BCUT2D eigenvalue weighted by atomic mass is 10.0. The van der Waals surface area contributed by atoms with Gasteiger partial charge in [0.25, 0.3) is 0 Å². The van der Waals surface area contributed by atoms with Crippen molar-refractivity contribution in [2.45, 2.75) is 13.8 Å². The van der Waals surface area contributed by atoms with E-state index in [0.29, 0.717) is 33.5 Å². The average Bonchev–Trinajstić information content (AvgIpc) is 3.14. The van der Waals surface area contributed by atoms with Crippen molar-refractivity contribution in [1.29, 1.82) is 0 Å². The number of hydrogen-bond acceptors (Lipinski definition) is 7. The first kappa shape index (κ1) is 12.7. The van der Waals surface area contributed by atoms with Crippen molar-refractivity contribution >= 4 is 33.6 Å². The Balaban J connectivity index is 2.32. The molecule has 0 aliphatic carbocycles. The van der Waals surface area contributed by atoms with Gasteiger partial charge in [0.1, 0.15) is 0 Å². The maximum Gasteiger partial charge on any atom is 0.339 e. The Kier molecular flexibility index (Phi) is 2.44. The summed E-state index contributed by atoms with van der Waals surface area (Å²) >= 11 is 0. The van der Waals surface area contributed by atoms with Crippen LogP contribution < -0.4 is 0 Å². The van der Waals surface area contributed by atoms with Gasteiger partial charge in [-0.2, -0.15) is 4.52 Å². The zero-order valence-electron chi connectivity index (χ0n) is 12.1. The predicted octanol–water partition coefficient (Wildman–Crippen LogP) is 1.82. The molecule has 0 fully saturated rings. The van der Waals surface area contributed by atoms with E-state index in [1.54, 1.807) is 13.2 Å². The van der Waals surface area contributed by atoms with Gasteiger partial charge in [0.2, 0.25) is 5.71 Å². The van der Waals surface area contributed by atoms with Gasteiger partial charge in [0, 0.05) is 0 Å². The topological polar surface area (TPSA) is 95.4 Å². The van der Waals surface area contributed by atoms with Crippen LogP contribution in [0.4, 0.5) is 0 Å². The smallest absolute Gasteiger partial charge is 0.339 e. The number of ether oxygens (including phenoxy) is 1. The molecule has 4 aromatic heterocycles.